The van der Waals surface area contributed by atoms with E-state index in [2.05, 4.69) is 23.3 Å². The largest absolute Gasteiger partial charge is 0.400 e. The fraction of sp³-hybridized carbons (Fsp3) is 0.281. The summed E-state index contributed by atoms with van der Waals surface area (Å²) in [4.78, 5) is 27.0. The first kappa shape index (κ1) is 34.4. The van der Waals surface area contributed by atoms with Crippen LogP contribution < -0.4 is 11.1 Å². The SMILES string of the molecule is C=O.CCCC1=C(c2ccccc2Cl)CCN(C(=O)c2ccc(NC)cc2)C1.CO.Cc1cc(F)cc2sc(N)nc12. The van der Waals surface area contributed by atoms with Crippen LogP contribution in [-0.4, -0.2) is 54.9 Å². The monoisotopic (exact) mass is 612 g/mol. The number of aromatic nitrogens is 1. The van der Waals surface area contributed by atoms with E-state index in [9.17, 15) is 9.18 Å². The molecule has 7 nitrogen and oxygen atoms in total. The van der Waals surface area contributed by atoms with Crippen molar-refractivity contribution in [3.8, 4) is 0 Å². The highest BCUT2D eigenvalue weighted by atomic mass is 35.5. The van der Waals surface area contributed by atoms with E-state index in [1.807, 2.05) is 68.1 Å². The number of aliphatic hydroxyl groups is 1. The van der Waals surface area contributed by atoms with Crippen LogP contribution in [0.5, 0.6) is 0 Å². The Morgan fingerprint density at radius 3 is 2.45 bits per heavy atom. The van der Waals surface area contributed by atoms with E-state index < -0.39 is 0 Å². The topological polar surface area (TPSA) is 109 Å². The zero-order valence-corrected chi connectivity index (χ0v) is 26.0. The fourth-order valence-electron chi connectivity index (χ4n) is 4.70. The number of aliphatic hydroxyl groups excluding tert-OH is 1. The molecule has 4 N–H and O–H groups in total. The number of carbonyl (C=O) groups is 2. The lowest BCUT2D eigenvalue weighted by Crippen LogP contribution is -2.37. The predicted molar refractivity (Wildman–Crippen MR) is 174 cm³/mol. The van der Waals surface area contributed by atoms with E-state index in [1.165, 1.54) is 34.6 Å². The molecule has 5 rings (SSSR count). The number of thiazole rings is 1. The van der Waals surface area contributed by atoms with Gasteiger partial charge in [-0.15, -0.1) is 0 Å². The van der Waals surface area contributed by atoms with Gasteiger partial charge in [-0.1, -0.05) is 54.5 Å². The van der Waals surface area contributed by atoms with Crippen LogP contribution in [0.1, 0.15) is 47.7 Å². The third-order valence-corrected chi connectivity index (χ3v) is 7.73. The van der Waals surface area contributed by atoms with Gasteiger partial charge < -0.3 is 25.9 Å². The van der Waals surface area contributed by atoms with Gasteiger partial charge in [-0.2, -0.15) is 0 Å². The molecule has 224 valence electrons. The number of benzene rings is 3. The standard InChI is InChI=1S/C22H25ClN2O.C8H7FN2S.CH4O.CH2O/c1-3-6-17-15-25(22(26)16-9-11-18(24-2)12-10-16)14-13-19(17)20-7-4-5-8-21(20)23;1-4-2-5(9)3-6-7(4)11-8(10)12-6;2*1-2/h4-5,7-12,24H,3,6,13-15H2,1-2H3;2-3H,1H3,(H2,10,11);2H,1H3;1H2. The maximum atomic E-state index is 12.9. The van der Waals surface area contributed by atoms with Gasteiger partial charge in [0.2, 0.25) is 0 Å². The van der Waals surface area contributed by atoms with E-state index in [1.54, 1.807) is 0 Å². The molecule has 0 saturated heterocycles. The van der Waals surface area contributed by atoms with Gasteiger partial charge in [-0.3, -0.25) is 4.79 Å². The molecule has 0 bridgehead atoms. The zero-order chi connectivity index (χ0) is 31.2. The number of anilines is 2. The van der Waals surface area contributed by atoms with Crippen molar-refractivity contribution in [3.05, 3.63) is 93.8 Å². The number of hydrogen-bond acceptors (Lipinski definition) is 7. The molecule has 10 heteroatoms. The number of hydrogen-bond donors (Lipinski definition) is 3. The van der Waals surface area contributed by atoms with E-state index in [0.717, 1.165) is 70.5 Å². The maximum Gasteiger partial charge on any atom is 0.254 e. The first-order valence-electron chi connectivity index (χ1n) is 13.4. The average molecular weight is 613 g/mol. The van der Waals surface area contributed by atoms with Crippen LogP contribution in [-0.2, 0) is 4.79 Å². The number of nitrogens with one attached hydrogen (secondary N) is 1. The van der Waals surface area contributed by atoms with Gasteiger partial charge in [-0.05, 0) is 84.5 Å². The van der Waals surface area contributed by atoms with E-state index >= 15 is 0 Å². The Hall–Kier alpha value is -3.79. The molecule has 0 spiro atoms. The van der Waals surface area contributed by atoms with Crippen molar-refractivity contribution in [3.63, 3.8) is 0 Å². The van der Waals surface area contributed by atoms with Crippen molar-refractivity contribution >= 4 is 62.2 Å². The second kappa shape index (κ2) is 17.2. The van der Waals surface area contributed by atoms with Crippen LogP contribution in [0.15, 0.2) is 66.2 Å². The van der Waals surface area contributed by atoms with Crippen LogP contribution in [0.2, 0.25) is 5.02 Å². The third-order valence-electron chi connectivity index (χ3n) is 6.57. The Balaban J connectivity index is 0.000000320. The number of amides is 1. The summed E-state index contributed by atoms with van der Waals surface area (Å²) in [6.45, 7) is 7.40. The Morgan fingerprint density at radius 2 is 1.83 bits per heavy atom. The zero-order valence-electron chi connectivity index (χ0n) is 24.4. The van der Waals surface area contributed by atoms with Gasteiger partial charge >= 0.3 is 0 Å². The van der Waals surface area contributed by atoms with Crippen molar-refractivity contribution in [2.45, 2.75) is 33.1 Å². The highest BCUT2D eigenvalue weighted by molar-refractivity contribution is 7.22. The average Bonchev–Trinajstić information content (AvgIpc) is 3.40. The summed E-state index contributed by atoms with van der Waals surface area (Å²) in [6, 6.07) is 18.6. The van der Waals surface area contributed by atoms with Gasteiger partial charge in [0.25, 0.3) is 5.91 Å². The van der Waals surface area contributed by atoms with E-state index in [0.29, 0.717) is 11.7 Å². The number of halogens is 2. The number of nitrogens with zero attached hydrogens (tertiary/aromatic N) is 2. The summed E-state index contributed by atoms with van der Waals surface area (Å²) in [6.07, 6.45) is 2.89. The molecule has 2 heterocycles. The van der Waals surface area contributed by atoms with Crippen molar-refractivity contribution in [1.82, 2.24) is 9.88 Å². The van der Waals surface area contributed by atoms with Gasteiger partial charge in [0, 0.05) is 43.5 Å². The van der Waals surface area contributed by atoms with Crippen molar-refractivity contribution in [2.75, 3.05) is 38.3 Å². The van der Waals surface area contributed by atoms with E-state index in [4.69, 9.17) is 27.2 Å². The summed E-state index contributed by atoms with van der Waals surface area (Å²) < 4.78 is 13.7. The molecule has 1 amide bonds. The van der Waals surface area contributed by atoms with Gasteiger partial charge in [0.15, 0.2) is 5.13 Å². The molecule has 1 aliphatic heterocycles. The minimum Gasteiger partial charge on any atom is -0.400 e. The lowest BCUT2D eigenvalue weighted by atomic mass is 9.90. The lowest BCUT2D eigenvalue weighted by Gasteiger charge is -2.32. The number of nitrogen functional groups attached to an aromatic ring is 1. The third kappa shape index (κ3) is 8.85. The number of fused-ring (bicyclic) bond motifs is 1. The van der Waals surface area contributed by atoms with Gasteiger partial charge in [-0.25, -0.2) is 9.37 Å². The fourth-order valence-corrected chi connectivity index (χ4v) is 5.78. The predicted octanol–water partition coefficient (Wildman–Crippen LogP) is 7.23. The number of carbonyl (C=O) groups excluding carboxylic acids is 2. The molecule has 0 saturated carbocycles. The first-order chi connectivity index (χ1) is 20.3. The summed E-state index contributed by atoms with van der Waals surface area (Å²) in [7, 11) is 2.87. The number of nitrogens with two attached hydrogens (primary N) is 1. The normalized spacial score (nSPS) is 12.3. The van der Waals surface area contributed by atoms with Gasteiger partial charge in [0.1, 0.15) is 12.6 Å². The van der Waals surface area contributed by atoms with Crippen LogP contribution in [0.25, 0.3) is 15.8 Å². The smallest absolute Gasteiger partial charge is 0.254 e. The second-order valence-corrected chi connectivity index (χ2v) is 10.7. The molecular formula is C32H38ClFN4O3S. The van der Waals surface area contributed by atoms with Crippen LogP contribution in [0.4, 0.5) is 15.2 Å². The maximum absolute atomic E-state index is 12.9. The second-order valence-electron chi connectivity index (χ2n) is 9.24. The van der Waals surface area contributed by atoms with Crippen molar-refractivity contribution in [1.29, 1.82) is 0 Å². The Morgan fingerprint density at radius 1 is 1.17 bits per heavy atom. The molecule has 1 aromatic heterocycles. The first-order valence-corrected chi connectivity index (χ1v) is 14.6. The van der Waals surface area contributed by atoms with Crippen LogP contribution in [0.3, 0.4) is 0 Å². The molecule has 0 aliphatic carbocycles. The van der Waals surface area contributed by atoms with E-state index in [-0.39, 0.29) is 11.7 Å². The molecule has 0 atom stereocenters. The highest BCUT2D eigenvalue weighted by Gasteiger charge is 2.24. The Labute approximate surface area is 255 Å². The van der Waals surface area contributed by atoms with Gasteiger partial charge in [0.05, 0.1) is 10.2 Å². The summed E-state index contributed by atoms with van der Waals surface area (Å²) >= 11 is 7.73. The van der Waals surface area contributed by atoms with Crippen molar-refractivity contribution in [2.24, 2.45) is 0 Å². The Kier molecular flexibility index (Phi) is 14.1. The number of aryl methyl sites for hydroxylation is 1. The molecule has 0 radical (unpaired) electrons. The number of rotatable bonds is 5. The van der Waals surface area contributed by atoms with Crippen molar-refractivity contribution < 1.29 is 19.1 Å². The molecule has 3 aromatic carbocycles. The van der Waals surface area contributed by atoms with Crippen LogP contribution in [0, 0.1) is 12.7 Å². The molecule has 0 unspecified atom stereocenters. The molecule has 0 fully saturated rings. The Bertz CT molecular complexity index is 1490. The summed E-state index contributed by atoms with van der Waals surface area (Å²) in [5.41, 5.74) is 12.6. The minimum absolute atomic E-state index is 0.0967. The summed E-state index contributed by atoms with van der Waals surface area (Å²) in [5.74, 6) is -0.136. The highest BCUT2D eigenvalue weighted by Crippen LogP contribution is 2.34. The summed E-state index contributed by atoms with van der Waals surface area (Å²) in [5, 5.41) is 11.4. The lowest BCUT2D eigenvalue weighted by molar-refractivity contribution is -0.0980. The molecular weight excluding hydrogens is 575 g/mol. The molecule has 42 heavy (non-hydrogen) atoms. The van der Waals surface area contributed by atoms with Crippen LogP contribution >= 0.6 is 22.9 Å². The minimum atomic E-state index is -0.233. The quantitative estimate of drug-likeness (QED) is 0.219. The molecule has 4 aromatic rings. The molecule has 1 aliphatic rings.